The number of rotatable bonds is 4. The van der Waals surface area contributed by atoms with Crippen LogP contribution in [0.15, 0.2) is 48.7 Å². The summed E-state index contributed by atoms with van der Waals surface area (Å²) in [5.74, 6) is -1.34. The van der Waals surface area contributed by atoms with Gasteiger partial charge in [-0.2, -0.15) is 0 Å². The van der Waals surface area contributed by atoms with Gasteiger partial charge in [0.05, 0.1) is 16.9 Å². The first-order valence-electron chi connectivity index (χ1n) is 7.45. The molecule has 0 aliphatic carbocycles. The number of aromatic nitrogens is 2. The summed E-state index contributed by atoms with van der Waals surface area (Å²) in [5, 5.41) is -0.335. The Bertz CT molecular complexity index is 906. The highest BCUT2D eigenvalue weighted by Gasteiger charge is 2.21. The summed E-state index contributed by atoms with van der Waals surface area (Å²) in [6.07, 6.45) is 0.601. The molecule has 2 N–H and O–H groups in total. The van der Waals surface area contributed by atoms with Gasteiger partial charge in [0.15, 0.2) is 5.82 Å². The molecule has 2 aromatic carbocycles. The molecule has 4 nitrogen and oxygen atoms in total. The molecule has 1 aromatic heterocycles. The molecule has 0 saturated heterocycles. The molecule has 0 fully saturated rings. The van der Waals surface area contributed by atoms with Gasteiger partial charge in [-0.15, -0.1) is 0 Å². The Balaban J connectivity index is 1.94. The Morgan fingerprint density at radius 1 is 1.08 bits per heavy atom. The normalized spacial score (nSPS) is 12.0. The maximum absolute atomic E-state index is 14.0. The zero-order valence-corrected chi connectivity index (χ0v) is 14.0. The van der Waals surface area contributed by atoms with Crippen LogP contribution >= 0.6 is 11.6 Å². The molecular weight excluding hydrogens is 348 g/mol. The second-order valence-electron chi connectivity index (χ2n) is 5.33. The van der Waals surface area contributed by atoms with E-state index in [2.05, 4.69) is 9.97 Å². The monoisotopic (exact) mass is 361 g/mol. The molecule has 1 unspecified atom stereocenters. The Morgan fingerprint density at radius 3 is 2.48 bits per heavy atom. The molecule has 0 bridgehead atoms. The van der Waals surface area contributed by atoms with Crippen LogP contribution in [0.1, 0.15) is 18.6 Å². The predicted molar refractivity (Wildman–Crippen MR) is 92.3 cm³/mol. The minimum atomic E-state index is -0.911. The van der Waals surface area contributed by atoms with Gasteiger partial charge in [-0.25, -0.2) is 18.7 Å². The SMILES string of the molecule is CC(Oc1nc(-c2ccccc2)cnc1N)c1c(F)ccc(F)c1Cl. The van der Waals surface area contributed by atoms with Crippen molar-refractivity contribution in [2.45, 2.75) is 13.0 Å². The fourth-order valence-corrected chi connectivity index (χ4v) is 2.66. The summed E-state index contributed by atoms with van der Waals surface area (Å²) < 4.78 is 33.3. The third-order valence-corrected chi connectivity index (χ3v) is 4.00. The number of ether oxygens (including phenoxy) is 1. The highest BCUT2D eigenvalue weighted by atomic mass is 35.5. The third kappa shape index (κ3) is 3.53. The standard InChI is InChI=1S/C18H14ClF2N3O/c1-10(15-12(20)7-8-13(21)16(15)19)25-18-17(22)23-9-14(24-18)11-5-3-2-4-6-11/h2-10H,1H3,(H2,22,23). The van der Waals surface area contributed by atoms with Crippen LogP contribution in [0.4, 0.5) is 14.6 Å². The Morgan fingerprint density at radius 2 is 1.76 bits per heavy atom. The molecule has 1 atom stereocenters. The van der Waals surface area contributed by atoms with E-state index in [0.717, 1.165) is 17.7 Å². The topological polar surface area (TPSA) is 61.0 Å². The summed E-state index contributed by atoms with van der Waals surface area (Å²) in [6.45, 7) is 1.53. The molecule has 3 rings (SSSR count). The van der Waals surface area contributed by atoms with Crippen LogP contribution in [0.3, 0.4) is 0 Å². The Kier molecular flexibility index (Phi) is 4.81. The molecule has 0 aliphatic rings. The van der Waals surface area contributed by atoms with E-state index in [-0.39, 0.29) is 22.3 Å². The summed E-state index contributed by atoms with van der Waals surface area (Å²) in [6, 6.07) is 11.3. The number of nitrogen functional groups attached to an aromatic ring is 1. The van der Waals surface area contributed by atoms with Crippen molar-refractivity contribution in [3.05, 3.63) is 70.9 Å². The molecule has 25 heavy (non-hydrogen) atoms. The van der Waals surface area contributed by atoms with Crippen molar-refractivity contribution < 1.29 is 13.5 Å². The number of benzene rings is 2. The molecule has 0 saturated carbocycles. The smallest absolute Gasteiger partial charge is 0.258 e. The van der Waals surface area contributed by atoms with Crippen molar-refractivity contribution in [1.82, 2.24) is 9.97 Å². The molecule has 0 aliphatic heterocycles. The van der Waals surface area contributed by atoms with Gasteiger partial charge >= 0.3 is 0 Å². The van der Waals surface area contributed by atoms with E-state index in [9.17, 15) is 8.78 Å². The third-order valence-electron chi connectivity index (χ3n) is 3.61. The summed E-state index contributed by atoms with van der Waals surface area (Å²) in [4.78, 5) is 8.37. The molecule has 128 valence electrons. The van der Waals surface area contributed by atoms with Crippen molar-refractivity contribution in [3.63, 3.8) is 0 Å². The van der Waals surface area contributed by atoms with Gasteiger partial charge < -0.3 is 10.5 Å². The van der Waals surface area contributed by atoms with Gasteiger partial charge in [0.1, 0.15) is 17.7 Å². The lowest BCUT2D eigenvalue weighted by atomic mass is 10.1. The average Bonchev–Trinajstić information content (AvgIpc) is 2.61. The fourth-order valence-electron chi connectivity index (χ4n) is 2.36. The van der Waals surface area contributed by atoms with Crippen molar-refractivity contribution in [1.29, 1.82) is 0 Å². The second kappa shape index (κ2) is 7.03. The zero-order chi connectivity index (χ0) is 18.0. The summed E-state index contributed by atoms with van der Waals surface area (Å²) in [7, 11) is 0. The number of halogens is 3. The van der Waals surface area contributed by atoms with Gasteiger partial charge in [-0.3, -0.25) is 0 Å². The first kappa shape index (κ1) is 17.1. The van der Waals surface area contributed by atoms with Gasteiger partial charge in [-0.1, -0.05) is 41.9 Å². The summed E-state index contributed by atoms with van der Waals surface area (Å²) >= 11 is 5.86. The maximum Gasteiger partial charge on any atom is 0.258 e. The van der Waals surface area contributed by atoms with Crippen LogP contribution in [-0.2, 0) is 0 Å². The van der Waals surface area contributed by atoms with Crippen LogP contribution in [0.2, 0.25) is 5.02 Å². The molecule has 0 radical (unpaired) electrons. The van der Waals surface area contributed by atoms with E-state index in [0.29, 0.717) is 5.69 Å². The second-order valence-corrected chi connectivity index (χ2v) is 5.71. The predicted octanol–water partition coefficient (Wildman–Crippen LogP) is 4.80. The largest absolute Gasteiger partial charge is 0.467 e. The molecule has 0 amide bonds. The molecular formula is C18H14ClF2N3O. The molecule has 0 spiro atoms. The molecule has 3 aromatic rings. The number of anilines is 1. The van der Waals surface area contributed by atoms with Crippen LogP contribution in [-0.4, -0.2) is 9.97 Å². The van der Waals surface area contributed by atoms with Crippen LogP contribution in [0.5, 0.6) is 5.88 Å². The maximum atomic E-state index is 14.0. The van der Waals surface area contributed by atoms with Gasteiger partial charge in [0, 0.05) is 11.1 Å². The van der Waals surface area contributed by atoms with Crippen molar-refractivity contribution in [2.75, 3.05) is 5.73 Å². The lowest BCUT2D eigenvalue weighted by Crippen LogP contribution is -2.10. The lowest BCUT2D eigenvalue weighted by Gasteiger charge is -2.17. The number of nitrogens with two attached hydrogens (primary N) is 1. The highest BCUT2D eigenvalue weighted by Crippen LogP contribution is 2.33. The van der Waals surface area contributed by atoms with Gasteiger partial charge in [0.2, 0.25) is 0 Å². The van der Waals surface area contributed by atoms with Gasteiger partial charge in [-0.05, 0) is 19.1 Å². The quantitative estimate of drug-likeness (QED) is 0.678. The van der Waals surface area contributed by atoms with E-state index in [4.69, 9.17) is 22.1 Å². The minimum Gasteiger partial charge on any atom is -0.467 e. The lowest BCUT2D eigenvalue weighted by molar-refractivity contribution is 0.213. The van der Waals surface area contributed by atoms with Crippen molar-refractivity contribution >= 4 is 17.4 Å². The van der Waals surface area contributed by atoms with Crippen LogP contribution in [0.25, 0.3) is 11.3 Å². The first-order chi connectivity index (χ1) is 12.0. The van der Waals surface area contributed by atoms with Gasteiger partial charge in [0.25, 0.3) is 5.88 Å². The Labute approximate surface area is 148 Å². The summed E-state index contributed by atoms with van der Waals surface area (Å²) in [5.41, 5.74) is 7.06. The zero-order valence-electron chi connectivity index (χ0n) is 13.2. The molecule has 7 heteroatoms. The number of hydrogen-bond acceptors (Lipinski definition) is 4. The average molecular weight is 362 g/mol. The Hall–Kier alpha value is -2.73. The minimum absolute atomic E-state index is 0.0218. The highest BCUT2D eigenvalue weighted by molar-refractivity contribution is 6.31. The van der Waals surface area contributed by atoms with E-state index in [1.807, 2.05) is 30.3 Å². The van der Waals surface area contributed by atoms with Crippen molar-refractivity contribution in [3.8, 4) is 17.1 Å². The van der Waals surface area contributed by atoms with Crippen molar-refractivity contribution in [2.24, 2.45) is 0 Å². The fraction of sp³-hybridized carbons (Fsp3) is 0.111. The number of hydrogen-bond donors (Lipinski definition) is 1. The number of nitrogens with zero attached hydrogens (tertiary/aromatic N) is 2. The van der Waals surface area contributed by atoms with E-state index in [1.54, 1.807) is 0 Å². The first-order valence-corrected chi connectivity index (χ1v) is 7.83. The van der Waals surface area contributed by atoms with E-state index in [1.165, 1.54) is 13.1 Å². The van der Waals surface area contributed by atoms with Crippen LogP contribution in [0, 0.1) is 11.6 Å². The molecule has 1 heterocycles. The van der Waals surface area contributed by atoms with Crippen LogP contribution < -0.4 is 10.5 Å². The van der Waals surface area contributed by atoms with E-state index >= 15 is 0 Å². The van der Waals surface area contributed by atoms with E-state index < -0.39 is 17.7 Å².